The minimum absolute atomic E-state index is 0.0653. The minimum Gasteiger partial charge on any atom is -0.495 e. The van der Waals surface area contributed by atoms with E-state index in [9.17, 15) is 9.59 Å². The molecule has 0 bridgehead atoms. The molecule has 5 aromatic rings. The van der Waals surface area contributed by atoms with E-state index >= 15 is 0 Å². The number of amides is 1. The number of carbonyl (C=O) groups excluding carboxylic acids is 1. The summed E-state index contributed by atoms with van der Waals surface area (Å²) >= 11 is 8.11. The van der Waals surface area contributed by atoms with Gasteiger partial charge in [-0.15, -0.1) is 0 Å². The van der Waals surface area contributed by atoms with Crippen LogP contribution in [0.4, 0.5) is 5.69 Å². The third-order valence-electron chi connectivity index (χ3n) is 6.12. The lowest BCUT2D eigenvalue weighted by Crippen LogP contribution is -2.23. The highest BCUT2D eigenvalue weighted by Crippen LogP contribution is 2.29. The Bertz CT molecular complexity index is 1740. The number of hydrogen-bond donors (Lipinski definition) is 1. The van der Waals surface area contributed by atoms with Gasteiger partial charge in [-0.1, -0.05) is 83.3 Å². The molecule has 0 aliphatic rings. The number of hydrogen-bond acceptors (Lipinski definition) is 7. The number of carbonyl (C=O) groups is 1. The molecule has 3 aromatic carbocycles. The van der Waals surface area contributed by atoms with Crippen molar-refractivity contribution in [3.8, 4) is 11.4 Å². The van der Waals surface area contributed by atoms with Crippen molar-refractivity contribution in [2.75, 3.05) is 18.2 Å². The van der Waals surface area contributed by atoms with Crippen molar-refractivity contribution >= 4 is 57.3 Å². The van der Waals surface area contributed by atoms with Gasteiger partial charge in [0, 0.05) is 12.2 Å². The quantitative estimate of drug-likeness (QED) is 0.127. The molecule has 1 N–H and O–H groups in total. The fraction of sp³-hybridized carbons (Fsp3) is 0.172. The largest absolute Gasteiger partial charge is 0.495 e. The molecule has 0 saturated carbocycles. The Labute approximate surface area is 239 Å². The van der Waals surface area contributed by atoms with Crippen molar-refractivity contribution in [3.63, 3.8) is 0 Å². The first kappa shape index (κ1) is 26.9. The summed E-state index contributed by atoms with van der Waals surface area (Å²) in [6.45, 7) is 2.58. The molecule has 0 radical (unpaired) electrons. The fourth-order valence-electron chi connectivity index (χ4n) is 4.15. The van der Waals surface area contributed by atoms with E-state index in [1.807, 2.05) is 66.1 Å². The van der Waals surface area contributed by atoms with E-state index in [4.69, 9.17) is 21.9 Å². The molecule has 0 unspecified atom stereocenters. The molecule has 0 aliphatic heterocycles. The second-order valence-electron chi connectivity index (χ2n) is 8.82. The van der Waals surface area contributed by atoms with Crippen molar-refractivity contribution < 1.29 is 9.53 Å². The van der Waals surface area contributed by atoms with Crippen molar-refractivity contribution in [2.24, 2.45) is 0 Å². The Balaban J connectivity index is 1.54. The lowest BCUT2D eigenvalue weighted by atomic mass is 10.1. The maximum Gasteiger partial charge on any atom is 0.278 e. The third kappa shape index (κ3) is 5.98. The first-order valence-electron chi connectivity index (χ1n) is 12.3. The summed E-state index contributed by atoms with van der Waals surface area (Å²) in [6, 6.07) is 25.0. The van der Waals surface area contributed by atoms with Crippen LogP contribution in [-0.2, 0) is 17.8 Å². The zero-order valence-electron chi connectivity index (χ0n) is 21.4. The van der Waals surface area contributed by atoms with Crippen LogP contribution < -0.4 is 15.6 Å². The lowest BCUT2D eigenvalue weighted by molar-refractivity contribution is -0.113. The molecule has 2 heterocycles. The summed E-state index contributed by atoms with van der Waals surface area (Å²) in [6.07, 6.45) is 0.750. The number of fused-ring (bicyclic) bond motifs is 1. The molecule has 0 aliphatic carbocycles. The van der Waals surface area contributed by atoms with Crippen molar-refractivity contribution in [3.05, 3.63) is 104 Å². The number of nitrogens with zero attached hydrogens (tertiary/aromatic N) is 3. The van der Waals surface area contributed by atoms with Gasteiger partial charge in [-0.2, -0.15) is 0 Å². The number of rotatable bonds is 9. The maximum absolute atomic E-state index is 13.9. The second kappa shape index (κ2) is 12.0. The average Bonchev–Trinajstić information content (AvgIpc) is 3.27. The van der Waals surface area contributed by atoms with E-state index < -0.39 is 0 Å². The molecular formula is C29H26N4O3S3. The minimum atomic E-state index is -0.250. The Morgan fingerprint density at radius 2 is 1.77 bits per heavy atom. The van der Waals surface area contributed by atoms with Gasteiger partial charge in [0.15, 0.2) is 14.8 Å². The SMILES string of the molecule is COc1ccccc1-n1c(SCC(=O)Nc2ccc(C)cc2)nc2c(sc(=S)n2CCc2ccccc2)c1=O. The normalized spacial score (nSPS) is 11.0. The van der Waals surface area contributed by atoms with E-state index in [0.717, 1.165) is 12.0 Å². The van der Waals surface area contributed by atoms with Gasteiger partial charge >= 0.3 is 0 Å². The summed E-state index contributed by atoms with van der Waals surface area (Å²) in [5, 5.41) is 3.29. The van der Waals surface area contributed by atoms with Gasteiger partial charge in [0.2, 0.25) is 5.91 Å². The first-order chi connectivity index (χ1) is 18.9. The number of aromatic nitrogens is 3. The van der Waals surface area contributed by atoms with Gasteiger partial charge in [-0.25, -0.2) is 4.98 Å². The predicted octanol–water partition coefficient (Wildman–Crippen LogP) is 6.27. The van der Waals surface area contributed by atoms with Crippen LogP contribution in [0.2, 0.25) is 0 Å². The Morgan fingerprint density at radius 1 is 1.05 bits per heavy atom. The molecular weight excluding hydrogens is 549 g/mol. The average molecular weight is 575 g/mol. The molecule has 10 heteroatoms. The van der Waals surface area contributed by atoms with Gasteiger partial charge in [0.25, 0.3) is 5.56 Å². The Kier molecular flexibility index (Phi) is 8.25. The molecule has 0 spiro atoms. The summed E-state index contributed by atoms with van der Waals surface area (Å²) < 4.78 is 10.0. The molecule has 0 saturated heterocycles. The number of aryl methyl sites for hydroxylation is 3. The van der Waals surface area contributed by atoms with Gasteiger partial charge in [0.1, 0.15) is 10.4 Å². The first-order valence-corrected chi connectivity index (χ1v) is 14.5. The van der Waals surface area contributed by atoms with Crippen LogP contribution in [0.15, 0.2) is 88.8 Å². The van der Waals surface area contributed by atoms with Gasteiger partial charge in [0.05, 0.1) is 18.6 Å². The summed E-state index contributed by atoms with van der Waals surface area (Å²) in [7, 11) is 1.56. The highest BCUT2D eigenvalue weighted by molar-refractivity contribution is 7.99. The smallest absolute Gasteiger partial charge is 0.278 e. The van der Waals surface area contributed by atoms with Gasteiger partial charge < -0.3 is 14.6 Å². The molecule has 1 amide bonds. The van der Waals surface area contributed by atoms with Crippen LogP contribution in [-0.4, -0.2) is 32.9 Å². The Morgan fingerprint density at radius 3 is 2.51 bits per heavy atom. The summed E-state index contributed by atoms with van der Waals surface area (Å²) in [5.41, 5.74) is 3.82. The lowest BCUT2D eigenvalue weighted by Gasteiger charge is -2.15. The van der Waals surface area contributed by atoms with E-state index in [2.05, 4.69) is 17.4 Å². The predicted molar refractivity (Wildman–Crippen MR) is 161 cm³/mol. The molecule has 198 valence electrons. The fourth-order valence-corrected chi connectivity index (χ4v) is 6.26. The molecule has 0 atom stereocenters. The number of thioether (sulfide) groups is 1. The number of ether oxygens (including phenoxy) is 1. The summed E-state index contributed by atoms with van der Waals surface area (Å²) in [5.74, 6) is 0.394. The molecule has 2 aromatic heterocycles. The summed E-state index contributed by atoms with van der Waals surface area (Å²) in [4.78, 5) is 31.7. The van der Waals surface area contributed by atoms with E-state index in [-0.39, 0.29) is 17.2 Å². The van der Waals surface area contributed by atoms with E-state index in [1.165, 1.54) is 33.2 Å². The second-order valence-corrected chi connectivity index (χ2v) is 11.4. The van der Waals surface area contributed by atoms with Crippen LogP contribution in [0.3, 0.4) is 0 Å². The Hall–Kier alpha value is -3.73. The maximum atomic E-state index is 13.9. The number of nitrogens with one attached hydrogen (secondary N) is 1. The molecule has 5 rings (SSSR count). The van der Waals surface area contributed by atoms with E-state index in [0.29, 0.717) is 43.1 Å². The number of anilines is 1. The van der Waals surface area contributed by atoms with Gasteiger partial charge in [-0.3, -0.25) is 14.2 Å². The number of methoxy groups -OCH3 is 1. The van der Waals surface area contributed by atoms with Crippen molar-refractivity contribution in [1.29, 1.82) is 0 Å². The highest BCUT2D eigenvalue weighted by Gasteiger charge is 2.21. The molecule has 39 heavy (non-hydrogen) atoms. The van der Waals surface area contributed by atoms with Crippen molar-refractivity contribution in [2.45, 2.75) is 25.0 Å². The number of benzene rings is 3. The zero-order valence-corrected chi connectivity index (χ0v) is 23.9. The van der Waals surface area contributed by atoms with Crippen LogP contribution >= 0.6 is 35.3 Å². The number of para-hydroxylation sites is 2. The third-order valence-corrected chi connectivity index (χ3v) is 8.48. The topological polar surface area (TPSA) is 78.2 Å². The van der Waals surface area contributed by atoms with Crippen LogP contribution in [0.25, 0.3) is 16.0 Å². The highest BCUT2D eigenvalue weighted by atomic mass is 32.2. The van der Waals surface area contributed by atoms with Crippen LogP contribution in [0, 0.1) is 10.9 Å². The number of thiazole rings is 1. The molecule has 7 nitrogen and oxygen atoms in total. The standard InChI is InChI=1S/C29H26N4O3S3/c1-19-12-14-21(15-13-19)30-24(34)18-38-28-31-26-25(27(35)33(28)22-10-6-7-11-23(22)36-2)39-29(37)32(26)17-16-20-8-4-3-5-9-20/h3-15H,16-18H2,1-2H3,(H,30,34). The monoisotopic (exact) mass is 574 g/mol. The van der Waals surface area contributed by atoms with Crippen LogP contribution in [0.1, 0.15) is 11.1 Å². The zero-order chi connectivity index (χ0) is 27.4. The molecule has 0 fully saturated rings. The van der Waals surface area contributed by atoms with Crippen LogP contribution in [0.5, 0.6) is 5.75 Å². The van der Waals surface area contributed by atoms with Crippen molar-refractivity contribution in [1.82, 2.24) is 14.1 Å². The van der Waals surface area contributed by atoms with Gasteiger partial charge in [-0.05, 0) is 55.4 Å². The van der Waals surface area contributed by atoms with E-state index in [1.54, 1.807) is 19.2 Å².